The van der Waals surface area contributed by atoms with Gasteiger partial charge in [0.1, 0.15) is 16.9 Å². The number of benzene rings is 1. The highest BCUT2D eigenvalue weighted by atomic mass is 19.1. The van der Waals surface area contributed by atoms with Crippen molar-refractivity contribution in [1.82, 2.24) is 35.1 Å². The van der Waals surface area contributed by atoms with Gasteiger partial charge in [-0.3, -0.25) is 19.9 Å². The summed E-state index contributed by atoms with van der Waals surface area (Å²) in [6.07, 6.45) is 11.5. The number of rotatable bonds is 6. The summed E-state index contributed by atoms with van der Waals surface area (Å²) in [6, 6.07) is 13.8. The molecule has 0 saturated heterocycles. The topological polar surface area (TPSA) is 125 Å². The first-order valence-corrected chi connectivity index (χ1v) is 13.8. The summed E-state index contributed by atoms with van der Waals surface area (Å²) in [5.41, 5.74) is 6.62. The molecule has 6 aromatic rings. The molecular weight excluding hydrogens is 519 g/mol. The van der Waals surface area contributed by atoms with Crippen molar-refractivity contribution in [2.45, 2.75) is 38.5 Å². The van der Waals surface area contributed by atoms with E-state index in [0.717, 1.165) is 29.4 Å². The number of nitrogens with one attached hydrogen (secondary N) is 3. The largest absolute Gasteiger partial charge is 0.336 e. The third-order valence-electron chi connectivity index (χ3n) is 7.65. The standard InChI is InChI=1S/C31H27FN8O/c32-21-8-4-7-19(14-21)27-28-24(11-12-34-27)37-31(38-28)30-29-25(39-40-30)10-9-23(36-29)20-15-22(17-33-16-20)35-26(41)13-18-5-2-1-3-6-18/h4,7-12,14-18H,1-3,5-6,13H2,(H,35,41)(H,37,38)(H,39,40). The first kappa shape index (κ1) is 25.0. The summed E-state index contributed by atoms with van der Waals surface area (Å²) in [6.45, 7) is 0. The molecule has 41 heavy (non-hydrogen) atoms. The Bertz CT molecular complexity index is 1890. The lowest BCUT2D eigenvalue weighted by molar-refractivity contribution is -0.117. The number of hydrogen-bond donors (Lipinski definition) is 3. The lowest BCUT2D eigenvalue weighted by atomic mass is 9.87. The van der Waals surface area contributed by atoms with Crippen LogP contribution in [0.2, 0.25) is 0 Å². The van der Waals surface area contributed by atoms with Gasteiger partial charge in [-0.2, -0.15) is 5.10 Å². The summed E-state index contributed by atoms with van der Waals surface area (Å²) in [7, 11) is 0. The highest BCUT2D eigenvalue weighted by Crippen LogP contribution is 2.31. The molecule has 1 aliphatic rings. The van der Waals surface area contributed by atoms with Crippen molar-refractivity contribution in [2.24, 2.45) is 5.92 Å². The Hall–Kier alpha value is -4.99. The molecule has 5 aromatic heterocycles. The zero-order valence-corrected chi connectivity index (χ0v) is 22.2. The van der Waals surface area contributed by atoms with Gasteiger partial charge in [0.05, 0.1) is 34.3 Å². The predicted octanol–water partition coefficient (Wildman–Crippen LogP) is 6.67. The molecule has 0 aliphatic heterocycles. The quantitative estimate of drug-likeness (QED) is 0.214. The number of imidazole rings is 1. The maximum atomic E-state index is 13.9. The number of amides is 1. The number of aromatic nitrogens is 7. The van der Waals surface area contributed by atoms with E-state index in [9.17, 15) is 9.18 Å². The molecule has 1 aromatic carbocycles. The maximum Gasteiger partial charge on any atom is 0.224 e. The summed E-state index contributed by atoms with van der Waals surface area (Å²) < 4.78 is 13.9. The van der Waals surface area contributed by atoms with Crippen molar-refractivity contribution in [3.63, 3.8) is 0 Å². The Kier molecular flexibility index (Phi) is 6.42. The van der Waals surface area contributed by atoms with E-state index in [1.54, 1.807) is 30.7 Å². The molecule has 0 spiro atoms. The van der Waals surface area contributed by atoms with E-state index in [1.807, 2.05) is 24.3 Å². The van der Waals surface area contributed by atoms with Crippen molar-refractivity contribution >= 4 is 33.7 Å². The van der Waals surface area contributed by atoms with Crippen LogP contribution in [0.3, 0.4) is 0 Å². The van der Waals surface area contributed by atoms with Crippen LogP contribution in [0.4, 0.5) is 10.1 Å². The second-order valence-corrected chi connectivity index (χ2v) is 10.5. The van der Waals surface area contributed by atoms with Crippen molar-refractivity contribution in [3.05, 3.63) is 72.9 Å². The van der Waals surface area contributed by atoms with Crippen LogP contribution in [-0.2, 0) is 4.79 Å². The molecule has 9 nitrogen and oxygen atoms in total. The molecule has 0 radical (unpaired) electrons. The second kappa shape index (κ2) is 10.5. The van der Waals surface area contributed by atoms with Gasteiger partial charge in [0.2, 0.25) is 5.91 Å². The van der Waals surface area contributed by atoms with E-state index in [2.05, 4.69) is 30.5 Å². The average molecular weight is 547 g/mol. The molecule has 1 fully saturated rings. The third kappa shape index (κ3) is 5.04. The van der Waals surface area contributed by atoms with Crippen LogP contribution in [0.5, 0.6) is 0 Å². The number of H-pyrrole nitrogens is 2. The first-order chi connectivity index (χ1) is 20.1. The molecule has 1 aliphatic carbocycles. The molecule has 5 heterocycles. The Morgan fingerprint density at radius 3 is 2.68 bits per heavy atom. The number of fused-ring (bicyclic) bond motifs is 2. The van der Waals surface area contributed by atoms with Crippen molar-refractivity contribution < 1.29 is 9.18 Å². The van der Waals surface area contributed by atoms with Gasteiger partial charge in [-0.1, -0.05) is 31.4 Å². The monoisotopic (exact) mass is 546 g/mol. The molecule has 1 amide bonds. The van der Waals surface area contributed by atoms with Gasteiger partial charge >= 0.3 is 0 Å². The maximum absolute atomic E-state index is 13.9. The number of aromatic amines is 2. The Labute approximate surface area is 234 Å². The van der Waals surface area contributed by atoms with E-state index >= 15 is 0 Å². The number of pyridine rings is 3. The molecule has 1 saturated carbocycles. The van der Waals surface area contributed by atoms with Crippen LogP contribution >= 0.6 is 0 Å². The minimum Gasteiger partial charge on any atom is -0.336 e. The zero-order chi connectivity index (χ0) is 27.8. The number of carbonyl (C=O) groups is 1. The summed E-state index contributed by atoms with van der Waals surface area (Å²) >= 11 is 0. The molecular formula is C31H27FN8O. The molecule has 0 atom stereocenters. The summed E-state index contributed by atoms with van der Waals surface area (Å²) in [5.74, 6) is 0.661. The van der Waals surface area contributed by atoms with Gasteiger partial charge in [-0.05, 0) is 55.2 Å². The Morgan fingerprint density at radius 2 is 1.80 bits per heavy atom. The second-order valence-electron chi connectivity index (χ2n) is 10.5. The SMILES string of the molecule is O=C(CC1CCCCC1)Nc1cncc(-c2ccc3[nH]nc(-c4nc5c(-c6cccc(F)c6)nccc5[nH]4)c3n2)c1. The van der Waals surface area contributed by atoms with Gasteiger partial charge in [-0.15, -0.1) is 0 Å². The highest BCUT2D eigenvalue weighted by molar-refractivity contribution is 5.95. The number of nitrogens with zero attached hydrogens (tertiary/aromatic N) is 5. The van der Waals surface area contributed by atoms with Gasteiger partial charge in [0.25, 0.3) is 0 Å². The number of hydrogen-bond acceptors (Lipinski definition) is 6. The summed E-state index contributed by atoms with van der Waals surface area (Å²) in [4.78, 5) is 34.5. The minimum absolute atomic E-state index is 0.0216. The van der Waals surface area contributed by atoms with Gasteiger partial charge in [0.15, 0.2) is 11.5 Å². The van der Waals surface area contributed by atoms with Crippen molar-refractivity contribution in [3.8, 4) is 34.0 Å². The normalized spacial score (nSPS) is 14.1. The molecule has 10 heteroatoms. The van der Waals surface area contributed by atoms with Crippen LogP contribution in [0.15, 0.2) is 67.1 Å². The number of anilines is 1. The molecule has 7 rings (SSSR count). The van der Waals surface area contributed by atoms with E-state index in [-0.39, 0.29) is 11.7 Å². The third-order valence-corrected chi connectivity index (χ3v) is 7.65. The van der Waals surface area contributed by atoms with E-state index in [4.69, 9.17) is 9.97 Å². The smallest absolute Gasteiger partial charge is 0.224 e. The Morgan fingerprint density at radius 1 is 0.927 bits per heavy atom. The van der Waals surface area contributed by atoms with Crippen molar-refractivity contribution in [2.75, 3.05) is 5.32 Å². The van der Waals surface area contributed by atoms with Crippen LogP contribution in [0.25, 0.3) is 56.1 Å². The van der Waals surface area contributed by atoms with Crippen LogP contribution in [0, 0.1) is 11.7 Å². The van der Waals surface area contributed by atoms with Crippen LogP contribution < -0.4 is 5.32 Å². The van der Waals surface area contributed by atoms with Crippen LogP contribution in [0.1, 0.15) is 38.5 Å². The summed E-state index contributed by atoms with van der Waals surface area (Å²) in [5, 5.41) is 10.5. The van der Waals surface area contributed by atoms with Gasteiger partial charge in [-0.25, -0.2) is 14.4 Å². The van der Waals surface area contributed by atoms with Crippen molar-refractivity contribution in [1.29, 1.82) is 0 Å². The molecule has 204 valence electrons. The fraction of sp³-hybridized carbons (Fsp3) is 0.226. The zero-order valence-electron chi connectivity index (χ0n) is 22.2. The van der Waals surface area contributed by atoms with E-state index in [1.165, 1.54) is 31.4 Å². The lowest BCUT2D eigenvalue weighted by Gasteiger charge is -2.20. The fourth-order valence-electron chi connectivity index (χ4n) is 5.63. The van der Waals surface area contributed by atoms with Gasteiger partial charge < -0.3 is 10.3 Å². The number of halogens is 1. The van der Waals surface area contributed by atoms with Gasteiger partial charge in [0, 0.05) is 29.9 Å². The molecule has 3 N–H and O–H groups in total. The fourth-order valence-corrected chi connectivity index (χ4v) is 5.63. The van der Waals surface area contributed by atoms with Crippen LogP contribution in [-0.4, -0.2) is 41.0 Å². The first-order valence-electron chi connectivity index (χ1n) is 13.8. The highest BCUT2D eigenvalue weighted by Gasteiger charge is 2.19. The van der Waals surface area contributed by atoms with E-state index < -0.39 is 0 Å². The molecule has 0 unspecified atom stereocenters. The average Bonchev–Trinajstić information content (AvgIpc) is 3.61. The molecule has 0 bridgehead atoms. The minimum atomic E-state index is -0.338. The van der Waals surface area contributed by atoms with E-state index in [0.29, 0.717) is 57.5 Å². The Balaban J connectivity index is 1.19. The number of carbonyl (C=O) groups excluding carboxylic acids is 1. The predicted molar refractivity (Wildman–Crippen MR) is 155 cm³/mol. The lowest BCUT2D eigenvalue weighted by Crippen LogP contribution is -2.18.